The van der Waals surface area contributed by atoms with Gasteiger partial charge in [-0.25, -0.2) is 15.0 Å². The topological polar surface area (TPSA) is 76.6 Å². The van der Waals surface area contributed by atoms with Crippen molar-refractivity contribution >= 4 is 0 Å². The number of nitrogens with one attached hydrogen (secondary N) is 1. The van der Waals surface area contributed by atoms with Gasteiger partial charge < -0.3 is 9.72 Å². The van der Waals surface area contributed by atoms with Gasteiger partial charge in [0.05, 0.1) is 19.0 Å². The van der Waals surface area contributed by atoms with Gasteiger partial charge in [0, 0.05) is 35.4 Å². The largest absolute Gasteiger partial charge is 0.497 e. The first-order valence-electron chi connectivity index (χ1n) is 8.59. The van der Waals surface area contributed by atoms with Crippen LogP contribution in [-0.2, 0) is 0 Å². The number of imidazole rings is 1. The highest BCUT2D eigenvalue weighted by Crippen LogP contribution is 2.25. The highest BCUT2D eigenvalue weighted by molar-refractivity contribution is 5.66. The van der Waals surface area contributed by atoms with Crippen molar-refractivity contribution in [2.24, 2.45) is 0 Å². The molecule has 3 aromatic heterocycles. The number of pyridine rings is 1. The Labute approximate surface area is 157 Å². The normalized spacial score (nSPS) is 10.8. The van der Waals surface area contributed by atoms with Crippen molar-refractivity contribution in [1.29, 1.82) is 0 Å². The summed E-state index contributed by atoms with van der Waals surface area (Å²) in [6.45, 7) is 4.04. The van der Waals surface area contributed by atoms with Gasteiger partial charge in [0.2, 0.25) is 0 Å². The molecule has 0 atom stereocenters. The third-order valence-electron chi connectivity index (χ3n) is 4.40. The number of rotatable bonds is 4. The Morgan fingerprint density at radius 3 is 2.22 bits per heavy atom. The quantitative estimate of drug-likeness (QED) is 0.592. The predicted octanol–water partition coefficient (Wildman–Crippen LogP) is 4.22. The van der Waals surface area contributed by atoms with Crippen molar-refractivity contribution in [2.75, 3.05) is 7.11 Å². The fourth-order valence-corrected chi connectivity index (χ4v) is 2.94. The van der Waals surface area contributed by atoms with Crippen molar-refractivity contribution < 1.29 is 4.74 Å². The summed E-state index contributed by atoms with van der Waals surface area (Å²) in [4.78, 5) is 21.0. The number of hydrogen-bond donors (Lipinski definition) is 1. The molecular weight excluding hydrogens is 338 g/mol. The molecule has 0 bridgehead atoms. The van der Waals surface area contributed by atoms with Crippen molar-refractivity contribution in [2.45, 2.75) is 13.8 Å². The number of methoxy groups -OCH3 is 1. The summed E-state index contributed by atoms with van der Waals surface area (Å²) in [5.74, 6) is 2.00. The second-order valence-corrected chi connectivity index (χ2v) is 6.31. The lowest BCUT2D eigenvalue weighted by Crippen LogP contribution is -1.94. The Bertz CT molecular complexity index is 1070. The van der Waals surface area contributed by atoms with Crippen molar-refractivity contribution in [3.8, 4) is 39.8 Å². The second-order valence-electron chi connectivity index (χ2n) is 6.31. The molecule has 0 radical (unpaired) electrons. The van der Waals surface area contributed by atoms with E-state index in [0.717, 1.165) is 39.4 Å². The molecule has 0 fully saturated rings. The van der Waals surface area contributed by atoms with Crippen LogP contribution in [0.3, 0.4) is 0 Å². The Morgan fingerprint density at radius 2 is 1.56 bits per heavy atom. The van der Waals surface area contributed by atoms with Crippen LogP contribution in [0.4, 0.5) is 0 Å². The lowest BCUT2D eigenvalue weighted by atomic mass is 10.1. The Kier molecular flexibility index (Phi) is 4.38. The van der Waals surface area contributed by atoms with Crippen LogP contribution in [-0.4, -0.2) is 32.0 Å². The minimum absolute atomic E-state index is 0.552. The van der Waals surface area contributed by atoms with Crippen LogP contribution >= 0.6 is 0 Å². The van der Waals surface area contributed by atoms with Gasteiger partial charge in [-0.05, 0) is 55.3 Å². The number of nitrogens with zero attached hydrogens (tertiary/aromatic N) is 4. The van der Waals surface area contributed by atoms with E-state index in [-0.39, 0.29) is 0 Å². The van der Waals surface area contributed by atoms with E-state index in [0.29, 0.717) is 11.6 Å². The molecule has 6 heteroatoms. The summed E-state index contributed by atoms with van der Waals surface area (Å²) in [5.41, 5.74) is 6.04. The summed E-state index contributed by atoms with van der Waals surface area (Å²) in [6, 6.07) is 9.84. The molecule has 0 aliphatic carbocycles. The van der Waals surface area contributed by atoms with Gasteiger partial charge in [-0.1, -0.05) is 0 Å². The first-order chi connectivity index (χ1) is 13.1. The van der Waals surface area contributed by atoms with E-state index < -0.39 is 0 Å². The predicted molar refractivity (Wildman–Crippen MR) is 104 cm³/mol. The first-order valence-corrected chi connectivity index (χ1v) is 8.59. The van der Waals surface area contributed by atoms with Gasteiger partial charge in [-0.2, -0.15) is 0 Å². The number of benzene rings is 1. The van der Waals surface area contributed by atoms with E-state index in [1.54, 1.807) is 25.7 Å². The zero-order chi connectivity index (χ0) is 18.8. The molecule has 0 unspecified atom stereocenters. The first kappa shape index (κ1) is 16.9. The number of H-pyrrole nitrogens is 1. The van der Waals surface area contributed by atoms with Crippen molar-refractivity contribution in [3.63, 3.8) is 0 Å². The van der Waals surface area contributed by atoms with Crippen LogP contribution in [0.15, 0.2) is 55.1 Å². The van der Waals surface area contributed by atoms with Gasteiger partial charge in [-0.15, -0.1) is 0 Å². The highest BCUT2D eigenvalue weighted by atomic mass is 16.5. The maximum atomic E-state index is 5.19. The molecule has 0 saturated carbocycles. The molecule has 0 aliphatic heterocycles. The van der Waals surface area contributed by atoms with Crippen LogP contribution in [0.25, 0.3) is 34.0 Å². The summed E-state index contributed by atoms with van der Waals surface area (Å²) in [7, 11) is 1.65. The zero-order valence-corrected chi connectivity index (χ0v) is 15.4. The number of aromatic amines is 1. The third kappa shape index (κ3) is 3.42. The van der Waals surface area contributed by atoms with E-state index in [4.69, 9.17) is 4.74 Å². The average Bonchev–Trinajstić information content (AvgIpc) is 3.18. The Morgan fingerprint density at radius 1 is 0.815 bits per heavy atom. The van der Waals surface area contributed by atoms with Crippen LogP contribution in [0.1, 0.15) is 11.3 Å². The number of aromatic nitrogens is 5. The molecule has 3 heterocycles. The Hall–Kier alpha value is -3.54. The minimum atomic E-state index is 0.552. The van der Waals surface area contributed by atoms with Crippen LogP contribution < -0.4 is 4.74 Å². The van der Waals surface area contributed by atoms with Crippen LogP contribution in [0.5, 0.6) is 5.75 Å². The van der Waals surface area contributed by atoms with Gasteiger partial charge >= 0.3 is 0 Å². The van der Waals surface area contributed by atoms with Gasteiger partial charge in [-0.3, -0.25) is 4.98 Å². The SMILES string of the molecule is COc1ccc(-c2cnc(-c3ncc(-c4cnc(C)cc4C)cn3)[nH]2)cc1. The second kappa shape index (κ2) is 6.99. The lowest BCUT2D eigenvalue weighted by Gasteiger charge is -2.06. The van der Waals surface area contributed by atoms with Gasteiger partial charge in [0.1, 0.15) is 5.75 Å². The number of ether oxygens (including phenoxy) is 1. The molecule has 27 heavy (non-hydrogen) atoms. The third-order valence-corrected chi connectivity index (χ3v) is 4.40. The van der Waals surface area contributed by atoms with Crippen molar-refractivity contribution in [1.82, 2.24) is 24.9 Å². The summed E-state index contributed by atoms with van der Waals surface area (Å²) >= 11 is 0. The molecule has 4 aromatic rings. The molecule has 0 aliphatic rings. The summed E-state index contributed by atoms with van der Waals surface area (Å²) in [6.07, 6.45) is 7.24. The van der Waals surface area contributed by atoms with E-state index in [1.165, 1.54) is 0 Å². The molecule has 0 amide bonds. The molecule has 0 saturated heterocycles. The maximum absolute atomic E-state index is 5.19. The fourth-order valence-electron chi connectivity index (χ4n) is 2.94. The maximum Gasteiger partial charge on any atom is 0.195 e. The van der Waals surface area contributed by atoms with Crippen LogP contribution in [0, 0.1) is 13.8 Å². The van der Waals surface area contributed by atoms with E-state index >= 15 is 0 Å². The smallest absolute Gasteiger partial charge is 0.195 e. The standard InChI is InChI=1S/C21H19N5O/c1-13-8-14(2)22-11-18(13)16-9-23-20(24-10-16)21-25-12-19(26-21)15-4-6-17(27-3)7-5-15/h4-12H,1-3H3,(H,25,26). The van der Waals surface area contributed by atoms with E-state index in [2.05, 4.69) is 37.9 Å². The minimum Gasteiger partial charge on any atom is -0.497 e. The summed E-state index contributed by atoms with van der Waals surface area (Å²) in [5, 5.41) is 0. The summed E-state index contributed by atoms with van der Waals surface area (Å²) < 4.78 is 5.19. The Balaban J connectivity index is 1.60. The monoisotopic (exact) mass is 357 g/mol. The van der Waals surface area contributed by atoms with Gasteiger partial charge in [0.15, 0.2) is 11.6 Å². The molecule has 0 spiro atoms. The molecule has 6 nitrogen and oxygen atoms in total. The van der Waals surface area contributed by atoms with E-state index in [1.807, 2.05) is 37.4 Å². The van der Waals surface area contributed by atoms with Crippen molar-refractivity contribution in [3.05, 3.63) is 66.4 Å². The van der Waals surface area contributed by atoms with E-state index in [9.17, 15) is 0 Å². The highest BCUT2D eigenvalue weighted by Gasteiger charge is 2.10. The number of hydrogen-bond acceptors (Lipinski definition) is 5. The lowest BCUT2D eigenvalue weighted by molar-refractivity contribution is 0.415. The van der Waals surface area contributed by atoms with Crippen LogP contribution in [0.2, 0.25) is 0 Å². The molecule has 1 N–H and O–H groups in total. The molecule has 134 valence electrons. The number of aryl methyl sites for hydroxylation is 2. The molecule has 1 aromatic carbocycles. The average molecular weight is 357 g/mol. The fraction of sp³-hybridized carbons (Fsp3) is 0.143. The molecule has 4 rings (SSSR count). The zero-order valence-electron chi connectivity index (χ0n) is 15.4. The molecular formula is C21H19N5O. The van der Waals surface area contributed by atoms with Gasteiger partial charge in [0.25, 0.3) is 0 Å².